The van der Waals surface area contributed by atoms with Crippen molar-refractivity contribution in [3.05, 3.63) is 71.8 Å². The van der Waals surface area contributed by atoms with Crippen molar-refractivity contribution in [3.8, 4) is 0 Å². The van der Waals surface area contributed by atoms with Crippen LogP contribution < -0.4 is 0 Å². The molecule has 4 aliphatic rings. The van der Waals surface area contributed by atoms with Crippen LogP contribution in [0.25, 0.3) is 0 Å². The fraction of sp³-hybridized carbons (Fsp3) is 0.483. The fourth-order valence-corrected chi connectivity index (χ4v) is 6.24. The molecular weight excluding hydrogens is 454 g/mol. The summed E-state index contributed by atoms with van der Waals surface area (Å²) in [5.74, 6) is 0.363. The number of Topliss-reactive ketones (excluding diaryl/α,β-unsaturated/α-hetero) is 1. The van der Waals surface area contributed by atoms with E-state index in [4.69, 9.17) is 4.74 Å². The van der Waals surface area contributed by atoms with Crippen molar-refractivity contribution in [2.75, 3.05) is 52.4 Å². The average Bonchev–Trinajstić information content (AvgIpc) is 2.90. The first-order chi connectivity index (χ1) is 17.4. The Bertz CT molecular complexity index is 1070. The Kier molecular flexibility index (Phi) is 7.21. The molecule has 0 aliphatic carbocycles. The number of nitrogens with zero attached hydrogens (tertiary/aromatic N) is 3. The van der Waals surface area contributed by atoms with E-state index in [1.807, 2.05) is 65.6 Å². The highest BCUT2D eigenvalue weighted by atomic mass is 16.5. The van der Waals surface area contributed by atoms with Crippen molar-refractivity contribution < 1.29 is 23.6 Å². The maximum Gasteiger partial charge on any atom is 0.328 e. The second-order valence-corrected chi connectivity index (χ2v) is 10.6. The van der Waals surface area contributed by atoms with Gasteiger partial charge in [0.1, 0.15) is 19.1 Å². The number of ketones is 1. The smallest absolute Gasteiger partial charge is 0.328 e. The summed E-state index contributed by atoms with van der Waals surface area (Å²) in [7, 11) is 0. The average molecular weight is 491 g/mol. The van der Waals surface area contributed by atoms with Crippen LogP contribution in [-0.4, -0.2) is 90.4 Å². The molecule has 0 aromatic heterocycles. The first-order valence-corrected chi connectivity index (χ1v) is 13.1. The first-order valence-electron chi connectivity index (χ1n) is 13.1. The van der Waals surface area contributed by atoms with Crippen LogP contribution >= 0.6 is 0 Å². The zero-order valence-corrected chi connectivity index (χ0v) is 21.1. The molecular formula is C29H36N3O4+. The van der Waals surface area contributed by atoms with Gasteiger partial charge in [0.2, 0.25) is 11.7 Å². The molecule has 0 saturated carbocycles. The van der Waals surface area contributed by atoms with E-state index in [2.05, 4.69) is 4.90 Å². The van der Waals surface area contributed by atoms with Gasteiger partial charge in [-0.2, -0.15) is 0 Å². The summed E-state index contributed by atoms with van der Waals surface area (Å²) in [6, 6.07) is 18.8. The minimum atomic E-state index is -0.491. The van der Waals surface area contributed by atoms with Crippen LogP contribution in [0.3, 0.4) is 0 Å². The van der Waals surface area contributed by atoms with E-state index in [-0.39, 0.29) is 23.8 Å². The van der Waals surface area contributed by atoms with Crippen LogP contribution in [0.4, 0.5) is 0 Å². The summed E-state index contributed by atoms with van der Waals surface area (Å²) in [6.45, 7) is 7.17. The predicted octanol–water partition coefficient (Wildman–Crippen LogP) is 2.93. The van der Waals surface area contributed by atoms with E-state index in [0.29, 0.717) is 49.7 Å². The molecule has 2 aromatic carbocycles. The zero-order chi connectivity index (χ0) is 25.1. The van der Waals surface area contributed by atoms with Gasteiger partial charge in [-0.15, -0.1) is 0 Å². The normalized spacial score (nSPS) is 26.9. The summed E-state index contributed by atoms with van der Waals surface area (Å²) in [5.41, 5.74) is 1.67. The lowest BCUT2D eigenvalue weighted by atomic mass is 9.82. The number of carbonyl (C=O) groups is 3. The number of benzene rings is 2. The largest absolute Gasteiger partial charge is 0.455 e. The molecule has 7 heteroatoms. The Morgan fingerprint density at radius 2 is 1.53 bits per heavy atom. The highest BCUT2D eigenvalue weighted by Crippen LogP contribution is 2.37. The Labute approximate surface area is 213 Å². The van der Waals surface area contributed by atoms with Gasteiger partial charge in [-0.05, 0) is 5.56 Å². The Hall–Kier alpha value is -3.03. The third-order valence-corrected chi connectivity index (χ3v) is 8.35. The first kappa shape index (κ1) is 24.7. The topological polar surface area (TPSA) is 66.9 Å². The summed E-state index contributed by atoms with van der Waals surface area (Å²) >= 11 is 0. The molecule has 4 saturated heterocycles. The molecule has 4 aliphatic heterocycles. The third-order valence-electron chi connectivity index (χ3n) is 8.35. The zero-order valence-electron chi connectivity index (χ0n) is 21.1. The van der Waals surface area contributed by atoms with E-state index in [9.17, 15) is 14.4 Å². The molecule has 2 atom stereocenters. The van der Waals surface area contributed by atoms with Gasteiger partial charge >= 0.3 is 5.97 Å². The van der Waals surface area contributed by atoms with E-state index in [0.717, 1.165) is 37.1 Å². The number of esters is 1. The second kappa shape index (κ2) is 10.5. The SMILES string of the molecule is CC(=O)N1CCN(C(C(=O)O[C@H]2C[N+]3(CC(=O)c4ccccc4)CCC2CC3)c2ccccc2)CC1. The molecule has 0 spiro atoms. The number of amides is 1. The number of hydrogen-bond acceptors (Lipinski definition) is 5. The van der Waals surface area contributed by atoms with Crippen LogP contribution in [0.1, 0.15) is 41.7 Å². The van der Waals surface area contributed by atoms with Crippen LogP contribution in [0.2, 0.25) is 0 Å². The monoisotopic (exact) mass is 490 g/mol. The molecule has 1 unspecified atom stereocenters. The molecule has 0 radical (unpaired) electrons. The van der Waals surface area contributed by atoms with E-state index in [1.165, 1.54) is 0 Å². The number of hydrogen-bond donors (Lipinski definition) is 0. The molecule has 4 heterocycles. The van der Waals surface area contributed by atoms with Crippen LogP contribution in [-0.2, 0) is 14.3 Å². The maximum atomic E-state index is 13.7. The molecule has 2 bridgehead atoms. The number of quaternary nitrogens is 1. The number of carbonyl (C=O) groups excluding carboxylic acids is 3. The van der Waals surface area contributed by atoms with Gasteiger partial charge in [0.15, 0.2) is 6.10 Å². The van der Waals surface area contributed by atoms with Crippen LogP contribution in [0, 0.1) is 5.92 Å². The standard InChI is InChI=1S/C29H36N3O4/c1-22(33)30-14-16-31(17-15-30)28(25-10-6-3-7-11-25)29(35)36-27-21-32(18-12-24(27)13-19-32)20-26(34)23-8-4-2-5-9-23/h2-11,24,27-28H,12-21H2,1H3/q+1/t24?,27-,28?,32?/m0/s1. The van der Waals surface area contributed by atoms with Crippen molar-refractivity contribution in [2.45, 2.75) is 31.9 Å². The van der Waals surface area contributed by atoms with E-state index >= 15 is 0 Å². The van der Waals surface area contributed by atoms with Gasteiger partial charge in [0, 0.05) is 57.4 Å². The number of ether oxygens (including phenoxy) is 1. The summed E-state index contributed by atoms with van der Waals surface area (Å²) in [5, 5.41) is 0. The van der Waals surface area contributed by atoms with Crippen molar-refractivity contribution in [1.82, 2.24) is 9.80 Å². The molecule has 6 rings (SSSR count). The minimum Gasteiger partial charge on any atom is -0.455 e. The van der Waals surface area contributed by atoms with Gasteiger partial charge in [0.05, 0.1) is 13.1 Å². The van der Waals surface area contributed by atoms with Crippen molar-refractivity contribution in [1.29, 1.82) is 0 Å². The molecule has 7 nitrogen and oxygen atoms in total. The molecule has 0 N–H and O–H groups in total. The van der Waals surface area contributed by atoms with Gasteiger partial charge in [-0.1, -0.05) is 60.7 Å². The van der Waals surface area contributed by atoms with Crippen molar-refractivity contribution in [2.24, 2.45) is 5.92 Å². The number of piperidine rings is 3. The molecule has 190 valence electrons. The maximum absolute atomic E-state index is 13.7. The Morgan fingerprint density at radius 3 is 2.14 bits per heavy atom. The highest BCUT2D eigenvalue weighted by Gasteiger charge is 2.49. The predicted molar refractivity (Wildman–Crippen MR) is 136 cm³/mol. The van der Waals surface area contributed by atoms with Gasteiger partial charge < -0.3 is 14.1 Å². The summed E-state index contributed by atoms with van der Waals surface area (Å²) in [4.78, 5) is 42.5. The second-order valence-electron chi connectivity index (χ2n) is 10.6. The molecule has 4 fully saturated rings. The van der Waals surface area contributed by atoms with Crippen molar-refractivity contribution >= 4 is 17.7 Å². The van der Waals surface area contributed by atoms with E-state index in [1.54, 1.807) is 6.92 Å². The molecule has 2 aromatic rings. The lowest BCUT2D eigenvalue weighted by molar-refractivity contribution is -0.938. The highest BCUT2D eigenvalue weighted by molar-refractivity contribution is 5.97. The van der Waals surface area contributed by atoms with Crippen LogP contribution in [0.15, 0.2) is 60.7 Å². The number of piperazine rings is 1. The third kappa shape index (κ3) is 5.22. The quantitative estimate of drug-likeness (QED) is 0.339. The number of rotatable bonds is 7. The summed E-state index contributed by atoms with van der Waals surface area (Å²) in [6.07, 6.45) is 1.79. The summed E-state index contributed by atoms with van der Waals surface area (Å²) < 4.78 is 7.00. The van der Waals surface area contributed by atoms with E-state index < -0.39 is 6.04 Å². The lowest BCUT2D eigenvalue weighted by Gasteiger charge is -2.52. The Balaban J connectivity index is 1.29. The molecule has 36 heavy (non-hydrogen) atoms. The fourth-order valence-electron chi connectivity index (χ4n) is 6.24. The molecule has 1 amide bonds. The van der Waals surface area contributed by atoms with Crippen LogP contribution in [0.5, 0.6) is 0 Å². The lowest BCUT2D eigenvalue weighted by Crippen LogP contribution is -2.66. The van der Waals surface area contributed by atoms with Crippen molar-refractivity contribution in [3.63, 3.8) is 0 Å². The Morgan fingerprint density at radius 1 is 0.917 bits per heavy atom. The minimum absolute atomic E-state index is 0.0693. The van der Waals surface area contributed by atoms with Gasteiger partial charge in [0.25, 0.3) is 0 Å². The number of fused-ring (bicyclic) bond motifs is 3. The van der Waals surface area contributed by atoms with Gasteiger partial charge in [-0.25, -0.2) is 4.79 Å². The van der Waals surface area contributed by atoms with Gasteiger partial charge in [-0.3, -0.25) is 14.5 Å².